The van der Waals surface area contributed by atoms with Gasteiger partial charge in [0.05, 0.1) is 0 Å². The molecule has 80 valence electrons. The molecule has 2 aliphatic carbocycles. The van der Waals surface area contributed by atoms with Crippen molar-refractivity contribution in [3.63, 3.8) is 0 Å². The van der Waals surface area contributed by atoms with Crippen molar-refractivity contribution in [2.24, 2.45) is 5.92 Å². The zero-order valence-corrected chi connectivity index (χ0v) is 9.72. The summed E-state index contributed by atoms with van der Waals surface area (Å²) in [6.07, 6.45) is 6.19. The van der Waals surface area contributed by atoms with E-state index in [1.807, 2.05) is 0 Å². The van der Waals surface area contributed by atoms with Crippen LogP contribution in [0.5, 0.6) is 0 Å². The van der Waals surface area contributed by atoms with Crippen molar-refractivity contribution in [2.75, 3.05) is 5.32 Å². The van der Waals surface area contributed by atoms with Gasteiger partial charge in [-0.2, -0.15) is 4.39 Å². The third-order valence-corrected chi connectivity index (χ3v) is 3.96. The van der Waals surface area contributed by atoms with Crippen LogP contribution < -0.4 is 5.32 Å². The van der Waals surface area contributed by atoms with Gasteiger partial charge in [-0.1, -0.05) is 0 Å². The molecule has 5 heteroatoms. The molecule has 0 aromatic carbocycles. The first kappa shape index (κ1) is 9.51. The Kier molecular flexibility index (Phi) is 1.99. The maximum Gasteiger partial charge on any atom is 0.232 e. The smallest absolute Gasteiger partial charge is 0.232 e. The molecule has 2 saturated carbocycles. The highest BCUT2D eigenvalue weighted by atomic mass is 79.9. The van der Waals surface area contributed by atoms with Gasteiger partial charge in [0.2, 0.25) is 5.95 Å². The zero-order chi connectivity index (χ0) is 10.5. The fourth-order valence-corrected chi connectivity index (χ4v) is 2.38. The number of rotatable bonds is 3. The molecule has 0 radical (unpaired) electrons. The SMILES string of the molecule is Fc1ncnc(NC2(C3CC3)CC2)c1Br. The molecule has 15 heavy (non-hydrogen) atoms. The third kappa shape index (κ3) is 1.62. The molecular formula is C10H11BrFN3. The molecule has 3 rings (SSSR count). The quantitative estimate of drug-likeness (QED) is 0.860. The van der Waals surface area contributed by atoms with E-state index in [4.69, 9.17) is 0 Å². The van der Waals surface area contributed by atoms with Gasteiger partial charge in [-0.25, -0.2) is 9.97 Å². The Morgan fingerprint density at radius 1 is 1.40 bits per heavy atom. The molecule has 0 bridgehead atoms. The molecule has 0 aliphatic heterocycles. The average Bonchev–Trinajstić information content (AvgIpc) is 3.04. The molecule has 0 spiro atoms. The van der Waals surface area contributed by atoms with Crippen LogP contribution in [-0.2, 0) is 0 Å². The Morgan fingerprint density at radius 3 is 2.73 bits per heavy atom. The lowest BCUT2D eigenvalue weighted by molar-refractivity contribution is 0.569. The summed E-state index contributed by atoms with van der Waals surface area (Å²) in [5.41, 5.74) is 0.212. The number of nitrogens with one attached hydrogen (secondary N) is 1. The lowest BCUT2D eigenvalue weighted by atomic mass is 10.1. The third-order valence-electron chi connectivity index (χ3n) is 3.26. The topological polar surface area (TPSA) is 37.8 Å². The van der Waals surface area contributed by atoms with Gasteiger partial charge in [-0.15, -0.1) is 0 Å². The summed E-state index contributed by atoms with van der Waals surface area (Å²) in [7, 11) is 0. The summed E-state index contributed by atoms with van der Waals surface area (Å²) in [6.45, 7) is 0. The van der Waals surface area contributed by atoms with Gasteiger partial charge in [-0.05, 0) is 47.5 Å². The van der Waals surface area contributed by atoms with E-state index in [9.17, 15) is 4.39 Å². The average molecular weight is 272 g/mol. The molecule has 1 heterocycles. The fourth-order valence-electron chi connectivity index (χ4n) is 2.08. The molecule has 0 unspecified atom stereocenters. The van der Waals surface area contributed by atoms with Crippen LogP contribution in [0.15, 0.2) is 10.8 Å². The summed E-state index contributed by atoms with van der Waals surface area (Å²) in [5.74, 6) is 0.855. The van der Waals surface area contributed by atoms with Crippen LogP contribution in [0, 0.1) is 11.9 Å². The number of halogens is 2. The second-order valence-electron chi connectivity index (χ2n) is 4.38. The van der Waals surface area contributed by atoms with Crippen molar-refractivity contribution in [3.05, 3.63) is 16.7 Å². The molecule has 1 aromatic heterocycles. The van der Waals surface area contributed by atoms with Crippen molar-refractivity contribution < 1.29 is 4.39 Å². The van der Waals surface area contributed by atoms with Gasteiger partial charge in [-0.3, -0.25) is 0 Å². The highest BCUT2D eigenvalue weighted by molar-refractivity contribution is 9.10. The van der Waals surface area contributed by atoms with E-state index in [1.54, 1.807) is 0 Å². The first-order valence-electron chi connectivity index (χ1n) is 5.15. The molecule has 0 atom stereocenters. The van der Waals surface area contributed by atoms with E-state index in [1.165, 1.54) is 32.0 Å². The summed E-state index contributed by atoms with van der Waals surface area (Å²) in [6, 6.07) is 0. The molecule has 0 amide bonds. The van der Waals surface area contributed by atoms with E-state index < -0.39 is 5.95 Å². The van der Waals surface area contributed by atoms with Crippen molar-refractivity contribution >= 4 is 21.7 Å². The predicted molar refractivity (Wildman–Crippen MR) is 58.0 cm³/mol. The summed E-state index contributed by atoms with van der Waals surface area (Å²) >= 11 is 3.17. The number of aromatic nitrogens is 2. The summed E-state index contributed by atoms with van der Waals surface area (Å²) in [4.78, 5) is 7.55. The lowest BCUT2D eigenvalue weighted by Gasteiger charge is -2.17. The van der Waals surface area contributed by atoms with E-state index in [-0.39, 0.29) is 5.54 Å². The largest absolute Gasteiger partial charge is 0.363 e. The van der Waals surface area contributed by atoms with E-state index in [2.05, 4.69) is 31.2 Å². The Labute approximate surface area is 95.6 Å². The van der Waals surface area contributed by atoms with Crippen molar-refractivity contribution in [2.45, 2.75) is 31.2 Å². The highest BCUT2D eigenvalue weighted by Crippen LogP contribution is 2.55. The lowest BCUT2D eigenvalue weighted by Crippen LogP contribution is -2.24. The number of nitrogens with zero attached hydrogens (tertiary/aromatic N) is 2. The monoisotopic (exact) mass is 271 g/mol. The summed E-state index contributed by atoms with van der Waals surface area (Å²) in [5, 5.41) is 3.36. The minimum Gasteiger partial charge on any atom is -0.363 e. The molecule has 2 fully saturated rings. The van der Waals surface area contributed by atoms with E-state index in [0.717, 1.165) is 5.92 Å². The first-order valence-corrected chi connectivity index (χ1v) is 5.95. The second-order valence-corrected chi connectivity index (χ2v) is 5.18. The molecular weight excluding hydrogens is 261 g/mol. The summed E-state index contributed by atoms with van der Waals surface area (Å²) < 4.78 is 13.5. The van der Waals surface area contributed by atoms with Gasteiger partial charge in [0.25, 0.3) is 0 Å². The maximum absolute atomic E-state index is 13.2. The molecule has 2 aliphatic rings. The predicted octanol–water partition coefficient (Wildman–Crippen LogP) is 2.73. The van der Waals surface area contributed by atoms with E-state index in [0.29, 0.717) is 10.3 Å². The fraction of sp³-hybridized carbons (Fsp3) is 0.600. The van der Waals surface area contributed by atoms with Crippen LogP contribution >= 0.6 is 15.9 Å². The normalized spacial score (nSPS) is 22.5. The highest BCUT2D eigenvalue weighted by Gasteiger charge is 2.54. The van der Waals surface area contributed by atoms with Gasteiger partial charge >= 0.3 is 0 Å². The van der Waals surface area contributed by atoms with Crippen LogP contribution in [0.1, 0.15) is 25.7 Å². The Morgan fingerprint density at radius 2 is 2.13 bits per heavy atom. The van der Waals surface area contributed by atoms with Crippen molar-refractivity contribution in [1.82, 2.24) is 9.97 Å². The van der Waals surface area contributed by atoms with Crippen molar-refractivity contribution in [1.29, 1.82) is 0 Å². The van der Waals surface area contributed by atoms with Crippen LogP contribution in [-0.4, -0.2) is 15.5 Å². The number of anilines is 1. The van der Waals surface area contributed by atoms with Gasteiger partial charge in [0.1, 0.15) is 16.6 Å². The second kappa shape index (κ2) is 3.14. The maximum atomic E-state index is 13.2. The number of hydrogen-bond acceptors (Lipinski definition) is 3. The Hall–Kier alpha value is -0.710. The minimum absolute atomic E-state index is 0.212. The molecule has 1 aromatic rings. The number of hydrogen-bond donors (Lipinski definition) is 1. The first-order chi connectivity index (χ1) is 7.21. The van der Waals surface area contributed by atoms with Crippen LogP contribution in [0.25, 0.3) is 0 Å². The molecule has 0 saturated heterocycles. The zero-order valence-electron chi connectivity index (χ0n) is 8.13. The van der Waals surface area contributed by atoms with Gasteiger partial charge < -0.3 is 5.32 Å². The Balaban J connectivity index is 1.84. The van der Waals surface area contributed by atoms with Crippen LogP contribution in [0.3, 0.4) is 0 Å². The van der Waals surface area contributed by atoms with Crippen molar-refractivity contribution in [3.8, 4) is 0 Å². The van der Waals surface area contributed by atoms with Crippen LogP contribution in [0.4, 0.5) is 10.2 Å². The molecule has 3 nitrogen and oxygen atoms in total. The van der Waals surface area contributed by atoms with Gasteiger partial charge in [0, 0.05) is 5.54 Å². The van der Waals surface area contributed by atoms with Gasteiger partial charge in [0.15, 0.2) is 0 Å². The van der Waals surface area contributed by atoms with E-state index >= 15 is 0 Å². The Bertz CT molecular complexity index is 402. The minimum atomic E-state index is -0.501. The standard InChI is InChI=1S/C10H11BrFN3/c11-7-8(12)13-5-14-9(7)15-10(3-4-10)6-1-2-6/h5-6H,1-4H2,(H,13,14,15). The van der Waals surface area contributed by atoms with Crippen LogP contribution in [0.2, 0.25) is 0 Å². The molecule has 1 N–H and O–H groups in total.